The molecule has 140 valence electrons. The van der Waals surface area contributed by atoms with Gasteiger partial charge in [-0.15, -0.1) is 11.3 Å². The number of thiophene rings is 1. The van der Waals surface area contributed by atoms with Crippen molar-refractivity contribution in [2.75, 3.05) is 11.4 Å². The summed E-state index contributed by atoms with van der Waals surface area (Å²) in [4.78, 5) is 16.9. The van der Waals surface area contributed by atoms with Crippen molar-refractivity contribution >= 4 is 44.7 Å². The molecule has 5 rings (SSSR count). The van der Waals surface area contributed by atoms with Gasteiger partial charge in [-0.2, -0.15) is 5.10 Å². The first-order chi connectivity index (χ1) is 13.6. The average molecular weight is 408 g/mol. The van der Waals surface area contributed by atoms with Crippen LogP contribution in [0.1, 0.15) is 26.5 Å². The van der Waals surface area contributed by atoms with Gasteiger partial charge in [0.25, 0.3) is 5.91 Å². The van der Waals surface area contributed by atoms with Gasteiger partial charge in [0.05, 0.1) is 17.1 Å². The highest BCUT2D eigenvalue weighted by Crippen LogP contribution is 2.33. The van der Waals surface area contributed by atoms with Crippen molar-refractivity contribution in [1.82, 2.24) is 9.78 Å². The van der Waals surface area contributed by atoms with Crippen molar-refractivity contribution in [3.05, 3.63) is 81.3 Å². The number of rotatable bonds is 3. The lowest BCUT2D eigenvalue weighted by Crippen LogP contribution is -2.28. The van der Waals surface area contributed by atoms with Gasteiger partial charge in [-0.05, 0) is 48.7 Å². The molecule has 4 nitrogen and oxygen atoms in total. The Labute approximate surface area is 172 Å². The number of hydrogen-bond donors (Lipinski definition) is 0. The number of halogens is 1. The summed E-state index contributed by atoms with van der Waals surface area (Å²) in [5.41, 5.74) is 4.34. The predicted molar refractivity (Wildman–Crippen MR) is 115 cm³/mol. The van der Waals surface area contributed by atoms with Gasteiger partial charge in [0.1, 0.15) is 4.83 Å². The number of aromatic nitrogens is 2. The van der Waals surface area contributed by atoms with Crippen molar-refractivity contribution in [2.45, 2.75) is 19.9 Å². The van der Waals surface area contributed by atoms with Crippen molar-refractivity contribution in [2.24, 2.45) is 0 Å². The van der Waals surface area contributed by atoms with Gasteiger partial charge >= 0.3 is 0 Å². The minimum absolute atomic E-state index is 0.0728. The maximum absolute atomic E-state index is 13.2. The third kappa shape index (κ3) is 2.91. The zero-order chi connectivity index (χ0) is 19.3. The number of hydrogen-bond acceptors (Lipinski definition) is 3. The standard InChI is InChI=1S/C22H18ClN3OS/c1-14-18-12-20(21(27)25-11-10-16-4-2-3-5-19(16)25)28-22(18)26(24-14)13-15-6-8-17(23)9-7-15/h2-9,12H,10-11,13H2,1H3. The van der Waals surface area contributed by atoms with Gasteiger partial charge in [-0.25, -0.2) is 0 Å². The highest BCUT2D eigenvalue weighted by molar-refractivity contribution is 7.20. The molecule has 0 N–H and O–H groups in total. The normalized spacial score (nSPS) is 13.3. The van der Waals surface area contributed by atoms with Crippen LogP contribution in [0.5, 0.6) is 0 Å². The zero-order valence-corrected chi connectivity index (χ0v) is 16.9. The molecule has 28 heavy (non-hydrogen) atoms. The van der Waals surface area contributed by atoms with Crippen LogP contribution < -0.4 is 4.90 Å². The smallest absolute Gasteiger partial charge is 0.268 e. The molecule has 3 heterocycles. The van der Waals surface area contributed by atoms with Crippen LogP contribution in [-0.2, 0) is 13.0 Å². The lowest BCUT2D eigenvalue weighted by atomic mass is 10.2. The van der Waals surface area contributed by atoms with E-state index < -0.39 is 0 Å². The van der Waals surface area contributed by atoms with E-state index in [2.05, 4.69) is 11.2 Å². The summed E-state index contributed by atoms with van der Waals surface area (Å²) >= 11 is 7.51. The van der Waals surface area contributed by atoms with Crippen LogP contribution in [0.25, 0.3) is 10.2 Å². The molecule has 0 fully saturated rings. The van der Waals surface area contributed by atoms with Crippen molar-refractivity contribution < 1.29 is 4.79 Å². The summed E-state index contributed by atoms with van der Waals surface area (Å²) in [7, 11) is 0. The number of para-hydroxylation sites is 1. The van der Waals surface area contributed by atoms with Crippen LogP contribution in [0.4, 0.5) is 5.69 Å². The molecule has 2 aromatic heterocycles. The molecule has 0 saturated heterocycles. The fourth-order valence-corrected chi connectivity index (χ4v) is 5.01. The molecule has 0 atom stereocenters. The summed E-state index contributed by atoms with van der Waals surface area (Å²) in [5, 5.41) is 6.44. The Morgan fingerprint density at radius 2 is 1.96 bits per heavy atom. The highest BCUT2D eigenvalue weighted by atomic mass is 35.5. The summed E-state index contributed by atoms with van der Waals surface area (Å²) < 4.78 is 1.98. The molecule has 0 bridgehead atoms. The van der Waals surface area contributed by atoms with Crippen LogP contribution in [0.15, 0.2) is 54.6 Å². The maximum atomic E-state index is 13.2. The third-order valence-corrected chi connectivity index (χ3v) is 6.58. The number of carbonyl (C=O) groups excluding carboxylic acids is 1. The Morgan fingerprint density at radius 3 is 2.79 bits per heavy atom. The van der Waals surface area contributed by atoms with Crippen LogP contribution >= 0.6 is 22.9 Å². The topological polar surface area (TPSA) is 38.1 Å². The minimum Gasteiger partial charge on any atom is -0.307 e. The first kappa shape index (κ1) is 17.5. The second kappa shape index (κ2) is 6.76. The molecule has 4 aromatic rings. The van der Waals surface area contributed by atoms with E-state index in [1.165, 1.54) is 16.9 Å². The number of amides is 1. The second-order valence-corrected chi connectivity index (χ2v) is 8.50. The Morgan fingerprint density at radius 1 is 1.18 bits per heavy atom. The van der Waals surface area contributed by atoms with Gasteiger partial charge in [-0.3, -0.25) is 9.48 Å². The second-order valence-electron chi connectivity index (χ2n) is 7.03. The van der Waals surface area contributed by atoms with E-state index in [1.54, 1.807) is 0 Å². The summed E-state index contributed by atoms with van der Waals surface area (Å²) in [5.74, 6) is 0.0728. The zero-order valence-electron chi connectivity index (χ0n) is 15.4. The van der Waals surface area contributed by atoms with Crippen LogP contribution in [-0.4, -0.2) is 22.2 Å². The van der Waals surface area contributed by atoms with Crippen LogP contribution in [0.3, 0.4) is 0 Å². The molecule has 0 aliphatic carbocycles. The van der Waals surface area contributed by atoms with E-state index in [-0.39, 0.29) is 5.91 Å². The van der Waals surface area contributed by atoms with E-state index in [0.29, 0.717) is 6.54 Å². The van der Waals surface area contributed by atoms with Crippen LogP contribution in [0.2, 0.25) is 5.02 Å². The lowest BCUT2D eigenvalue weighted by molar-refractivity contribution is 0.0993. The van der Waals surface area contributed by atoms with Gasteiger partial charge in [0.2, 0.25) is 0 Å². The van der Waals surface area contributed by atoms with E-state index in [0.717, 1.165) is 50.0 Å². The third-order valence-electron chi connectivity index (χ3n) is 5.20. The van der Waals surface area contributed by atoms with E-state index in [1.807, 2.05) is 65.0 Å². The molecule has 6 heteroatoms. The molecule has 1 amide bonds. The molecular weight excluding hydrogens is 390 g/mol. The number of fused-ring (bicyclic) bond motifs is 2. The van der Waals surface area contributed by atoms with Gasteiger partial charge in [0.15, 0.2) is 0 Å². The maximum Gasteiger partial charge on any atom is 0.268 e. The van der Waals surface area contributed by atoms with Crippen molar-refractivity contribution in [3.63, 3.8) is 0 Å². The number of nitrogens with zero attached hydrogens (tertiary/aromatic N) is 3. The quantitative estimate of drug-likeness (QED) is 0.461. The first-order valence-corrected chi connectivity index (χ1v) is 10.4. The fourth-order valence-electron chi connectivity index (χ4n) is 3.77. The number of carbonyl (C=O) groups is 1. The Kier molecular flexibility index (Phi) is 4.22. The summed E-state index contributed by atoms with van der Waals surface area (Å²) in [6, 6.07) is 17.9. The van der Waals surface area contributed by atoms with E-state index in [9.17, 15) is 4.79 Å². The SMILES string of the molecule is Cc1nn(Cc2ccc(Cl)cc2)c2sc(C(=O)N3CCc4ccccc43)cc12. The van der Waals surface area contributed by atoms with Crippen molar-refractivity contribution in [1.29, 1.82) is 0 Å². The Bertz CT molecular complexity index is 1190. The molecule has 2 aromatic carbocycles. The average Bonchev–Trinajstić information content (AvgIpc) is 3.39. The molecule has 0 unspecified atom stereocenters. The van der Waals surface area contributed by atoms with E-state index >= 15 is 0 Å². The van der Waals surface area contributed by atoms with Gasteiger partial charge in [-0.1, -0.05) is 41.9 Å². The fraction of sp³-hybridized carbons (Fsp3) is 0.182. The predicted octanol–water partition coefficient (Wildman–Crippen LogP) is 5.31. The molecule has 1 aliphatic rings. The Hall–Kier alpha value is -2.63. The largest absolute Gasteiger partial charge is 0.307 e. The monoisotopic (exact) mass is 407 g/mol. The highest BCUT2D eigenvalue weighted by Gasteiger charge is 2.27. The molecule has 0 spiro atoms. The van der Waals surface area contributed by atoms with Crippen molar-refractivity contribution in [3.8, 4) is 0 Å². The molecule has 0 saturated carbocycles. The van der Waals surface area contributed by atoms with E-state index in [4.69, 9.17) is 11.6 Å². The number of anilines is 1. The molecule has 0 radical (unpaired) electrons. The summed E-state index contributed by atoms with van der Waals surface area (Å²) in [6.07, 6.45) is 0.913. The summed E-state index contributed by atoms with van der Waals surface area (Å²) in [6.45, 7) is 3.39. The van der Waals surface area contributed by atoms with Crippen LogP contribution in [0, 0.1) is 6.92 Å². The molecular formula is C22H18ClN3OS. The number of benzene rings is 2. The van der Waals surface area contributed by atoms with Gasteiger partial charge < -0.3 is 4.90 Å². The van der Waals surface area contributed by atoms with Gasteiger partial charge in [0, 0.05) is 22.6 Å². The minimum atomic E-state index is 0.0728. The lowest BCUT2D eigenvalue weighted by Gasteiger charge is -2.16. The molecule has 1 aliphatic heterocycles. The first-order valence-electron chi connectivity index (χ1n) is 9.21. The number of aryl methyl sites for hydroxylation is 1. The Balaban J connectivity index is 1.49.